The molecule has 0 radical (unpaired) electrons. The lowest BCUT2D eigenvalue weighted by atomic mass is 10.0. The van der Waals surface area contributed by atoms with Crippen LogP contribution in [0.2, 0.25) is 0 Å². The largest absolute Gasteiger partial charge is 0.756 e. The Labute approximate surface area is 418 Å². The van der Waals surface area contributed by atoms with Crippen LogP contribution in [-0.2, 0) is 27.9 Å². The van der Waals surface area contributed by atoms with Crippen LogP contribution in [0.4, 0.5) is 0 Å². The molecule has 1 unspecified atom stereocenters. The minimum atomic E-state index is -4.53. The van der Waals surface area contributed by atoms with Crippen molar-refractivity contribution in [1.82, 2.24) is 0 Å². The molecule has 9 heteroatoms. The number of likely N-dealkylation sites (N-methyl/N-ethyl adjacent to an activating group) is 1. The van der Waals surface area contributed by atoms with Crippen molar-refractivity contribution in [3.63, 3.8) is 0 Å². The molecule has 0 aromatic rings. The fourth-order valence-electron chi connectivity index (χ4n) is 9.08. The summed E-state index contributed by atoms with van der Waals surface area (Å²) in [6.07, 6.45) is 60.1. The lowest BCUT2D eigenvalue weighted by molar-refractivity contribution is -0.870. The van der Waals surface area contributed by atoms with E-state index in [0.29, 0.717) is 24.1 Å². The Morgan fingerprint density at radius 2 is 0.687 bits per heavy atom. The number of nitrogens with zero attached hydrogens (tertiary/aromatic N) is 1. The molecule has 0 rings (SSSR count). The molecule has 0 bridgehead atoms. The molecule has 0 saturated carbocycles. The van der Waals surface area contributed by atoms with E-state index in [1.807, 2.05) is 21.1 Å². The molecule has 0 spiro atoms. The van der Waals surface area contributed by atoms with Crippen molar-refractivity contribution < 1.29 is 37.3 Å². The Balaban J connectivity index is 3.98. The predicted octanol–water partition coefficient (Wildman–Crippen LogP) is 18.1. The van der Waals surface area contributed by atoms with Crippen molar-refractivity contribution in [3.05, 3.63) is 0 Å². The van der Waals surface area contributed by atoms with Gasteiger partial charge in [0.2, 0.25) is 0 Å². The molecule has 0 fully saturated rings. The quantitative estimate of drug-likeness (QED) is 0.0259. The summed E-state index contributed by atoms with van der Waals surface area (Å²) in [6.45, 7) is 5.51. The lowest BCUT2D eigenvalue weighted by Gasteiger charge is -2.28. The minimum Gasteiger partial charge on any atom is -0.756 e. The molecule has 67 heavy (non-hydrogen) atoms. The number of phosphoric ester groups is 1. The highest BCUT2D eigenvalue weighted by Gasteiger charge is 2.20. The molecule has 2 atom stereocenters. The summed E-state index contributed by atoms with van der Waals surface area (Å²) in [5, 5.41) is 0. The van der Waals surface area contributed by atoms with E-state index in [1.165, 1.54) is 257 Å². The van der Waals surface area contributed by atoms with Gasteiger partial charge in [-0.15, -0.1) is 0 Å². The van der Waals surface area contributed by atoms with Crippen LogP contribution in [-0.4, -0.2) is 70.7 Å². The number of phosphoric acid groups is 1. The third-order valence-electron chi connectivity index (χ3n) is 13.7. The number of esters is 1. The Morgan fingerprint density at radius 3 is 0.985 bits per heavy atom. The summed E-state index contributed by atoms with van der Waals surface area (Å²) in [4.78, 5) is 25.3. The smallest absolute Gasteiger partial charge is 0.306 e. The highest BCUT2D eigenvalue weighted by molar-refractivity contribution is 7.45. The first-order chi connectivity index (χ1) is 32.6. The summed E-state index contributed by atoms with van der Waals surface area (Å²) < 4.78 is 34.9. The topological polar surface area (TPSA) is 94.1 Å². The lowest BCUT2D eigenvalue weighted by Crippen LogP contribution is -2.37. The van der Waals surface area contributed by atoms with E-state index in [0.717, 1.165) is 32.1 Å². The Bertz CT molecular complexity index is 1040. The third-order valence-corrected chi connectivity index (χ3v) is 14.6. The second-order valence-corrected chi connectivity index (χ2v) is 23.1. The summed E-state index contributed by atoms with van der Waals surface area (Å²) >= 11 is 0. The molecule has 0 N–H and O–H groups in total. The van der Waals surface area contributed by atoms with Crippen LogP contribution in [0.25, 0.3) is 0 Å². The predicted molar refractivity (Wildman–Crippen MR) is 287 cm³/mol. The van der Waals surface area contributed by atoms with E-state index in [-0.39, 0.29) is 25.8 Å². The standard InChI is InChI=1S/C58H118NO7P/c1-6-8-10-12-14-16-18-20-22-24-26-28-29-30-31-32-33-35-37-39-41-43-45-47-49-51-58(60)66-57(56-65-67(61,62)64-54-52-59(3,4)5)55-63-53-50-48-46-44-42-40-38-36-34-27-25-23-21-19-17-15-13-11-9-7-2/h57H,6-56H2,1-5H3/t57-/m1/s1. The maximum atomic E-state index is 12.8. The number of hydrogen-bond donors (Lipinski definition) is 0. The van der Waals surface area contributed by atoms with Gasteiger partial charge in [0.1, 0.15) is 19.3 Å². The van der Waals surface area contributed by atoms with Gasteiger partial charge in [0.25, 0.3) is 7.82 Å². The van der Waals surface area contributed by atoms with Gasteiger partial charge in [-0.25, -0.2) is 0 Å². The minimum absolute atomic E-state index is 0.0320. The number of quaternary nitrogens is 1. The van der Waals surface area contributed by atoms with Gasteiger partial charge in [0, 0.05) is 13.0 Å². The van der Waals surface area contributed by atoms with Crippen LogP contribution in [0, 0.1) is 0 Å². The molecule has 0 aliphatic rings. The summed E-state index contributed by atoms with van der Waals surface area (Å²) in [6, 6.07) is 0. The number of carbonyl (C=O) groups excluding carboxylic acids is 1. The fraction of sp³-hybridized carbons (Fsp3) is 0.983. The highest BCUT2D eigenvalue weighted by Crippen LogP contribution is 2.38. The molecule has 0 aliphatic heterocycles. The maximum absolute atomic E-state index is 12.8. The van der Waals surface area contributed by atoms with E-state index >= 15 is 0 Å². The molecular formula is C58H118NO7P. The van der Waals surface area contributed by atoms with Crippen LogP contribution < -0.4 is 4.89 Å². The maximum Gasteiger partial charge on any atom is 0.306 e. The fourth-order valence-corrected chi connectivity index (χ4v) is 9.81. The average Bonchev–Trinajstić information content (AvgIpc) is 3.29. The molecule has 0 aliphatic carbocycles. The van der Waals surface area contributed by atoms with Crippen molar-refractivity contribution in [2.45, 2.75) is 315 Å². The van der Waals surface area contributed by atoms with E-state index < -0.39 is 13.9 Å². The van der Waals surface area contributed by atoms with E-state index in [2.05, 4.69) is 13.8 Å². The van der Waals surface area contributed by atoms with Gasteiger partial charge in [-0.2, -0.15) is 0 Å². The third kappa shape index (κ3) is 56.3. The Morgan fingerprint density at radius 1 is 0.403 bits per heavy atom. The second kappa shape index (κ2) is 51.8. The molecule has 0 heterocycles. The van der Waals surface area contributed by atoms with Crippen LogP contribution in [0.5, 0.6) is 0 Å². The first kappa shape index (κ1) is 66.5. The summed E-state index contributed by atoms with van der Waals surface area (Å²) in [5.74, 6) is -0.322. The van der Waals surface area contributed by atoms with Crippen LogP contribution >= 0.6 is 7.82 Å². The van der Waals surface area contributed by atoms with Gasteiger partial charge >= 0.3 is 5.97 Å². The van der Waals surface area contributed by atoms with Crippen LogP contribution in [0.3, 0.4) is 0 Å². The van der Waals surface area contributed by atoms with Gasteiger partial charge < -0.3 is 27.9 Å². The molecular weight excluding hydrogens is 854 g/mol. The summed E-state index contributed by atoms with van der Waals surface area (Å²) in [5.41, 5.74) is 0. The first-order valence-electron chi connectivity index (χ1n) is 29.8. The number of hydrogen-bond acceptors (Lipinski definition) is 7. The zero-order chi connectivity index (χ0) is 49.0. The Kier molecular flexibility index (Phi) is 51.5. The molecule has 0 amide bonds. The first-order valence-corrected chi connectivity index (χ1v) is 31.2. The van der Waals surface area contributed by atoms with Crippen molar-refractivity contribution >= 4 is 13.8 Å². The number of carbonyl (C=O) groups is 1. The monoisotopic (exact) mass is 972 g/mol. The SMILES string of the molecule is CCCCCCCCCCCCCCCCCCCCCCCCCCCC(=O)O[C@H](COCCCCCCCCCCCCCCCCCCCCCC)COP(=O)([O-])OCC[N+](C)(C)C. The molecule has 0 saturated heterocycles. The number of rotatable bonds is 57. The molecule has 402 valence electrons. The van der Waals surface area contributed by atoms with Gasteiger partial charge in [-0.05, 0) is 12.8 Å². The van der Waals surface area contributed by atoms with E-state index in [4.69, 9.17) is 18.5 Å². The number of unbranched alkanes of at least 4 members (excludes halogenated alkanes) is 43. The van der Waals surface area contributed by atoms with Crippen molar-refractivity contribution in [2.75, 3.05) is 54.1 Å². The second-order valence-electron chi connectivity index (χ2n) is 21.7. The van der Waals surface area contributed by atoms with Gasteiger partial charge in [0.15, 0.2) is 0 Å². The van der Waals surface area contributed by atoms with Crippen molar-refractivity contribution in [1.29, 1.82) is 0 Å². The van der Waals surface area contributed by atoms with Crippen molar-refractivity contribution in [2.24, 2.45) is 0 Å². The normalized spacial score (nSPS) is 13.3. The Hall–Kier alpha value is -0.500. The van der Waals surface area contributed by atoms with Crippen molar-refractivity contribution in [3.8, 4) is 0 Å². The van der Waals surface area contributed by atoms with E-state index in [9.17, 15) is 14.3 Å². The average molecular weight is 973 g/mol. The molecule has 8 nitrogen and oxygen atoms in total. The zero-order valence-corrected chi connectivity index (χ0v) is 46.8. The van der Waals surface area contributed by atoms with Crippen LogP contribution in [0.1, 0.15) is 309 Å². The van der Waals surface area contributed by atoms with Gasteiger partial charge in [-0.1, -0.05) is 290 Å². The van der Waals surface area contributed by atoms with Gasteiger partial charge in [-0.3, -0.25) is 9.36 Å². The molecule has 0 aromatic carbocycles. The molecule has 0 aromatic heterocycles. The van der Waals surface area contributed by atoms with Gasteiger partial charge in [0.05, 0.1) is 34.4 Å². The van der Waals surface area contributed by atoms with E-state index in [1.54, 1.807) is 0 Å². The summed E-state index contributed by atoms with van der Waals surface area (Å²) in [7, 11) is 1.38. The number of ether oxygens (including phenoxy) is 2. The zero-order valence-electron chi connectivity index (χ0n) is 45.9. The highest BCUT2D eigenvalue weighted by atomic mass is 31.2. The van der Waals surface area contributed by atoms with Crippen LogP contribution in [0.15, 0.2) is 0 Å².